The summed E-state index contributed by atoms with van der Waals surface area (Å²) in [4.78, 5) is 24.0. The highest BCUT2D eigenvalue weighted by atomic mass is 16.5. The van der Waals surface area contributed by atoms with E-state index in [0.29, 0.717) is 12.0 Å². The molecule has 2 unspecified atom stereocenters. The summed E-state index contributed by atoms with van der Waals surface area (Å²) in [6.07, 6.45) is 1.11. The number of amides is 1. The molecule has 0 saturated carbocycles. The van der Waals surface area contributed by atoms with Crippen LogP contribution in [0.15, 0.2) is 54.6 Å². The van der Waals surface area contributed by atoms with Crippen molar-refractivity contribution in [2.24, 2.45) is 0 Å². The van der Waals surface area contributed by atoms with Crippen LogP contribution in [-0.2, 0) is 9.53 Å². The molecule has 2 aromatic rings. The van der Waals surface area contributed by atoms with Crippen molar-refractivity contribution >= 4 is 11.9 Å². The third kappa shape index (κ3) is 5.17. The molecular formula is C21H25NO4. The van der Waals surface area contributed by atoms with Gasteiger partial charge in [-0.05, 0) is 35.6 Å². The molecule has 138 valence electrons. The van der Waals surface area contributed by atoms with Crippen LogP contribution in [0.4, 0.5) is 0 Å². The molecule has 0 aliphatic heterocycles. The van der Waals surface area contributed by atoms with Gasteiger partial charge in [-0.25, -0.2) is 4.79 Å². The van der Waals surface area contributed by atoms with E-state index < -0.39 is 6.04 Å². The van der Waals surface area contributed by atoms with Crippen molar-refractivity contribution in [2.75, 3.05) is 13.7 Å². The number of nitrogens with one attached hydrogen (secondary N) is 1. The fraction of sp³-hybridized carbons (Fsp3) is 0.333. The lowest BCUT2D eigenvalue weighted by Gasteiger charge is -2.20. The number of hydrogen-bond acceptors (Lipinski definition) is 4. The number of rotatable bonds is 8. The van der Waals surface area contributed by atoms with E-state index in [0.717, 1.165) is 17.5 Å². The van der Waals surface area contributed by atoms with Crippen LogP contribution in [0.25, 0.3) is 0 Å². The van der Waals surface area contributed by atoms with Crippen LogP contribution in [0.2, 0.25) is 0 Å². The van der Waals surface area contributed by atoms with Crippen LogP contribution in [0, 0.1) is 0 Å². The maximum absolute atomic E-state index is 12.5. The number of hydrogen-bond donors (Lipinski definition) is 2. The summed E-state index contributed by atoms with van der Waals surface area (Å²) in [6.45, 7) is 1.87. The molecule has 2 atom stereocenters. The van der Waals surface area contributed by atoms with Gasteiger partial charge in [-0.15, -0.1) is 0 Å². The Balaban J connectivity index is 2.02. The molecule has 0 fully saturated rings. The van der Waals surface area contributed by atoms with Crippen LogP contribution in [-0.4, -0.2) is 30.7 Å². The first-order chi connectivity index (χ1) is 12.6. The van der Waals surface area contributed by atoms with Gasteiger partial charge in [0.05, 0.1) is 25.3 Å². The molecule has 0 heterocycles. The predicted octanol–water partition coefficient (Wildman–Crippen LogP) is 3.21. The zero-order valence-electron chi connectivity index (χ0n) is 15.1. The monoisotopic (exact) mass is 355 g/mol. The first-order valence-corrected chi connectivity index (χ1v) is 8.72. The minimum Gasteiger partial charge on any atom is -0.465 e. The number of benzene rings is 2. The Morgan fingerprint density at radius 1 is 1.04 bits per heavy atom. The van der Waals surface area contributed by atoms with Crippen molar-refractivity contribution in [3.8, 4) is 0 Å². The number of methoxy groups -OCH3 is 1. The lowest BCUT2D eigenvalue weighted by atomic mass is 9.92. The Hall–Kier alpha value is -2.66. The molecule has 5 nitrogen and oxygen atoms in total. The summed E-state index contributed by atoms with van der Waals surface area (Å²) in [6, 6.07) is 16.1. The van der Waals surface area contributed by atoms with Gasteiger partial charge in [0, 0.05) is 6.42 Å². The van der Waals surface area contributed by atoms with Gasteiger partial charge < -0.3 is 15.2 Å². The van der Waals surface area contributed by atoms with Gasteiger partial charge in [0.25, 0.3) is 0 Å². The van der Waals surface area contributed by atoms with Crippen molar-refractivity contribution in [2.45, 2.75) is 31.7 Å². The first kappa shape index (κ1) is 19.7. The van der Waals surface area contributed by atoms with E-state index in [-0.39, 0.29) is 24.4 Å². The minimum absolute atomic E-state index is 0.0387. The molecule has 0 bridgehead atoms. The zero-order valence-corrected chi connectivity index (χ0v) is 15.1. The van der Waals surface area contributed by atoms with Crippen molar-refractivity contribution in [1.82, 2.24) is 5.32 Å². The summed E-state index contributed by atoms with van der Waals surface area (Å²) in [5.74, 6) is -0.454. The number of ether oxygens (including phenoxy) is 1. The van der Waals surface area contributed by atoms with E-state index in [9.17, 15) is 14.7 Å². The van der Waals surface area contributed by atoms with Crippen LogP contribution < -0.4 is 5.32 Å². The van der Waals surface area contributed by atoms with Crippen LogP contribution >= 0.6 is 0 Å². The topological polar surface area (TPSA) is 75.6 Å². The van der Waals surface area contributed by atoms with Crippen molar-refractivity contribution in [1.29, 1.82) is 0 Å². The van der Waals surface area contributed by atoms with Gasteiger partial charge in [-0.3, -0.25) is 4.79 Å². The second-order valence-corrected chi connectivity index (χ2v) is 6.14. The van der Waals surface area contributed by atoms with Crippen molar-refractivity contribution < 1.29 is 19.4 Å². The summed E-state index contributed by atoms with van der Waals surface area (Å²) in [5.41, 5.74) is 2.36. The Morgan fingerprint density at radius 3 is 2.23 bits per heavy atom. The molecule has 2 aromatic carbocycles. The second kappa shape index (κ2) is 9.73. The number of carbonyl (C=O) groups excluding carboxylic acids is 2. The normalized spacial score (nSPS) is 12.9. The summed E-state index contributed by atoms with van der Waals surface area (Å²) in [7, 11) is 1.35. The Labute approximate surface area is 154 Å². The van der Waals surface area contributed by atoms with E-state index in [1.807, 2.05) is 49.4 Å². The Bertz CT molecular complexity index is 713. The Kier molecular flexibility index (Phi) is 7.36. The maximum atomic E-state index is 12.5. The van der Waals surface area contributed by atoms with Gasteiger partial charge in [0.15, 0.2) is 0 Å². The highest BCUT2D eigenvalue weighted by Gasteiger charge is 2.18. The molecule has 26 heavy (non-hydrogen) atoms. The fourth-order valence-electron chi connectivity index (χ4n) is 2.90. The third-order valence-corrected chi connectivity index (χ3v) is 4.45. The lowest BCUT2D eigenvalue weighted by molar-refractivity contribution is -0.122. The van der Waals surface area contributed by atoms with Crippen LogP contribution in [0.5, 0.6) is 0 Å². The number of aliphatic hydroxyl groups is 1. The SMILES string of the molecule is CCC(CC(=O)NC(CO)c1ccccc1)c1ccc(C(=O)OC)cc1. The molecule has 0 aliphatic rings. The van der Waals surface area contributed by atoms with E-state index >= 15 is 0 Å². The van der Waals surface area contributed by atoms with Gasteiger partial charge in [0.2, 0.25) is 5.91 Å². The van der Waals surface area contributed by atoms with E-state index in [1.165, 1.54) is 7.11 Å². The van der Waals surface area contributed by atoms with Gasteiger partial charge in [0.1, 0.15) is 0 Å². The smallest absolute Gasteiger partial charge is 0.337 e. The first-order valence-electron chi connectivity index (χ1n) is 8.72. The van der Waals surface area contributed by atoms with Gasteiger partial charge in [-0.2, -0.15) is 0 Å². The standard InChI is InChI=1S/C21H25NO4/c1-3-15(16-9-11-18(12-10-16)21(25)26-2)13-20(24)22-19(14-23)17-7-5-4-6-8-17/h4-12,15,19,23H,3,13-14H2,1-2H3,(H,22,24). The zero-order chi connectivity index (χ0) is 18.9. The minimum atomic E-state index is -0.414. The highest BCUT2D eigenvalue weighted by Crippen LogP contribution is 2.24. The summed E-state index contributed by atoms with van der Waals surface area (Å²) >= 11 is 0. The Morgan fingerprint density at radius 2 is 1.69 bits per heavy atom. The molecule has 5 heteroatoms. The quantitative estimate of drug-likeness (QED) is 0.713. The summed E-state index contributed by atoms with van der Waals surface area (Å²) < 4.78 is 4.70. The number of esters is 1. The molecule has 0 radical (unpaired) electrons. The highest BCUT2D eigenvalue weighted by molar-refractivity contribution is 5.89. The second-order valence-electron chi connectivity index (χ2n) is 6.14. The molecule has 2 N–H and O–H groups in total. The number of aliphatic hydroxyl groups excluding tert-OH is 1. The van der Waals surface area contributed by atoms with Crippen molar-refractivity contribution in [3.63, 3.8) is 0 Å². The van der Waals surface area contributed by atoms with E-state index in [4.69, 9.17) is 4.74 Å². The van der Waals surface area contributed by atoms with Crippen LogP contribution in [0.1, 0.15) is 53.2 Å². The predicted molar refractivity (Wildman–Crippen MR) is 99.8 cm³/mol. The molecule has 0 aliphatic carbocycles. The molecule has 0 spiro atoms. The molecule has 0 aromatic heterocycles. The molecular weight excluding hydrogens is 330 g/mol. The lowest BCUT2D eigenvalue weighted by Crippen LogP contribution is -2.31. The average Bonchev–Trinajstić information content (AvgIpc) is 2.70. The third-order valence-electron chi connectivity index (χ3n) is 4.45. The van der Waals surface area contributed by atoms with E-state index in [2.05, 4.69) is 5.32 Å². The summed E-state index contributed by atoms with van der Waals surface area (Å²) in [5, 5.41) is 12.5. The van der Waals surface area contributed by atoms with Gasteiger partial charge >= 0.3 is 5.97 Å². The molecule has 1 amide bonds. The van der Waals surface area contributed by atoms with Crippen LogP contribution in [0.3, 0.4) is 0 Å². The molecule has 0 saturated heterocycles. The van der Waals surface area contributed by atoms with E-state index in [1.54, 1.807) is 12.1 Å². The maximum Gasteiger partial charge on any atom is 0.337 e. The van der Waals surface area contributed by atoms with Gasteiger partial charge in [-0.1, -0.05) is 49.4 Å². The largest absolute Gasteiger partial charge is 0.465 e. The fourth-order valence-corrected chi connectivity index (χ4v) is 2.90. The van der Waals surface area contributed by atoms with Crippen molar-refractivity contribution in [3.05, 3.63) is 71.3 Å². The average molecular weight is 355 g/mol. The molecule has 2 rings (SSSR count). The number of carbonyl (C=O) groups is 2.